The second kappa shape index (κ2) is 15.7. The lowest BCUT2D eigenvalue weighted by Crippen LogP contribution is -2.45. The van der Waals surface area contributed by atoms with Gasteiger partial charge in [0.15, 0.2) is 6.61 Å². The van der Waals surface area contributed by atoms with Crippen molar-refractivity contribution >= 4 is 27.5 Å². The minimum absolute atomic E-state index is 0.0323. The van der Waals surface area contributed by atoms with E-state index in [-0.39, 0.29) is 35.4 Å². The number of hydrogen-bond donors (Lipinski definition) is 2. The molecule has 0 aliphatic heterocycles. The first kappa shape index (κ1) is 32.2. The number of carbonyl (C=O) groups excluding carboxylic acids is 2. The predicted molar refractivity (Wildman–Crippen MR) is 168 cm³/mol. The summed E-state index contributed by atoms with van der Waals surface area (Å²) in [6, 6.07) is 28.2. The molecule has 0 fully saturated rings. The number of nitrogens with one attached hydrogen (secondary N) is 2. The molecule has 0 heterocycles. The number of nitrogens with zero attached hydrogens (tertiary/aromatic N) is 1. The molecule has 0 spiro atoms. The van der Waals surface area contributed by atoms with Crippen LogP contribution in [0.1, 0.15) is 43.4 Å². The van der Waals surface area contributed by atoms with E-state index in [1.807, 2.05) is 60.7 Å². The highest BCUT2D eigenvalue weighted by Crippen LogP contribution is 2.25. The highest BCUT2D eigenvalue weighted by molar-refractivity contribution is 7.92. The van der Waals surface area contributed by atoms with Crippen molar-refractivity contribution in [3.05, 3.63) is 126 Å². The smallest absolute Gasteiger partial charge is 0.261 e. The van der Waals surface area contributed by atoms with Gasteiger partial charge in [0.05, 0.1) is 4.90 Å². The van der Waals surface area contributed by atoms with Gasteiger partial charge in [-0.3, -0.25) is 14.3 Å². The van der Waals surface area contributed by atoms with Gasteiger partial charge < -0.3 is 15.0 Å². The van der Waals surface area contributed by atoms with Gasteiger partial charge in [0, 0.05) is 18.8 Å². The van der Waals surface area contributed by atoms with Crippen LogP contribution in [0, 0.1) is 5.82 Å². The summed E-state index contributed by atoms with van der Waals surface area (Å²) in [5, 5.41) is 3.00. The number of carbonyl (C=O) groups is 2. The Hall–Kier alpha value is -4.70. The molecule has 44 heavy (non-hydrogen) atoms. The molecule has 0 saturated heterocycles. The normalized spacial score (nSPS) is 11.8. The summed E-state index contributed by atoms with van der Waals surface area (Å²) in [5.74, 6) is -0.895. The maximum atomic E-state index is 13.8. The fourth-order valence-corrected chi connectivity index (χ4v) is 5.63. The van der Waals surface area contributed by atoms with Crippen molar-refractivity contribution in [3.8, 4) is 5.75 Å². The van der Waals surface area contributed by atoms with Crippen LogP contribution in [-0.2, 0) is 26.2 Å². The van der Waals surface area contributed by atoms with Gasteiger partial charge in [-0.25, -0.2) is 12.8 Å². The zero-order chi connectivity index (χ0) is 31.4. The summed E-state index contributed by atoms with van der Waals surface area (Å²) in [6.45, 7) is 2.40. The number of benzene rings is 4. The van der Waals surface area contributed by atoms with E-state index in [1.165, 1.54) is 41.3 Å². The summed E-state index contributed by atoms with van der Waals surface area (Å²) < 4.78 is 46.9. The molecule has 230 valence electrons. The lowest BCUT2D eigenvalue weighted by molar-refractivity contribution is -0.143. The standard InChI is InChI=1S/C34H36FN3O5S/c1-2-3-10-23-36-34(40)33(27-13-8-5-9-14-27)38(24-26-11-6-4-7-12-26)32(39)25-43-30-19-21-31(22-20-30)44(41,42)37-29-17-15-28(35)16-18-29/h4-9,11-22,33,37H,2-3,10,23-25H2,1H3,(H,36,40). The third kappa shape index (κ3) is 9.15. The lowest BCUT2D eigenvalue weighted by Gasteiger charge is -2.31. The number of sulfonamides is 1. The number of rotatable bonds is 15. The second-order valence-corrected chi connectivity index (χ2v) is 11.9. The van der Waals surface area contributed by atoms with Crippen LogP contribution in [0.15, 0.2) is 114 Å². The predicted octanol–water partition coefficient (Wildman–Crippen LogP) is 6.08. The maximum Gasteiger partial charge on any atom is 0.261 e. The van der Waals surface area contributed by atoms with E-state index in [0.29, 0.717) is 12.1 Å². The first-order valence-corrected chi connectivity index (χ1v) is 15.9. The Bertz CT molecular complexity index is 1600. The van der Waals surface area contributed by atoms with Gasteiger partial charge in [-0.1, -0.05) is 80.4 Å². The lowest BCUT2D eigenvalue weighted by atomic mass is 10.0. The molecule has 4 aromatic rings. The molecule has 0 aliphatic rings. The molecule has 2 amide bonds. The van der Waals surface area contributed by atoms with Crippen molar-refractivity contribution in [2.75, 3.05) is 17.9 Å². The first-order chi connectivity index (χ1) is 21.3. The summed E-state index contributed by atoms with van der Waals surface area (Å²) in [6.07, 6.45) is 2.84. The highest BCUT2D eigenvalue weighted by atomic mass is 32.2. The van der Waals surface area contributed by atoms with Crippen LogP contribution in [0.2, 0.25) is 0 Å². The van der Waals surface area contributed by atoms with E-state index in [0.717, 1.165) is 37.0 Å². The fraction of sp³-hybridized carbons (Fsp3) is 0.235. The van der Waals surface area contributed by atoms with E-state index in [2.05, 4.69) is 17.0 Å². The third-order valence-electron chi connectivity index (χ3n) is 6.86. The van der Waals surface area contributed by atoms with Crippen LogP contribution < -0.4 is 14.8 Å². The molecule has 4 aromatic carbocycles. The molecule has 4 rings (SSSR count). The molecule has 8 nitrogen and oxygen atoms in total. The van der Waals surface area contributed by atoms with Gasteiger partial charge >= 0.3 is 0 Å². The Morgan fingerprint density at radius 3 is 2.11 bits per heavy atom. The summed E-state index contributed by atoms with van der Waals surface area (Å²) >= 11 is 0. The Morgan fingerprint density at radius 2 is 1.48 bits per heavy atom. The minimum atomic E-state index is -3.93. The number of unbranched alkanes of at least 4 members (excludes halogenated alkanes) is 2. The van der Waals surface area contributed by atoms with E-state index < -0.39 is 27.8 Å². The van der Waals surface area contributed by atoms with Crippen molar-refractivity contribution in [1.82, 2.24) is 10.2 Å². The number of ether oxygens (including phenoxy) is 1. The van der Waals surface area contributed by atoms with E-state index >= 15 is 0 Å². The molecule has 1 atom stereocenters. The monoisotopic (exact) mass is 617 g/mol. The third-order valence-corrected chi connectivity index (χ3v) is 8.26. The highest BCUT2D eigenvalue weighted by Gasteiger charge is 2.31. The van der Waals surface area contributed by atoms with Gasteiger partial charge in [0.2, 0.25) is 5.91 Å². The number of hydrogen-bond acceptors (Lipinski definition) is 5. The average molecular weight is 618 g/mol. The largest absolute Gasteiger partial charge is 0.484 e. The molecule has 10 heteroatoms. The van der Waals surface area contributed by atoms with Gasteiger partial charge in [-0.15, -0.1) is 0 Å². The van der Waals surface area contributed by atoms with Crippen LogP contribution >= 0.6 is 0 Å². The van der Waals surface area contributed by atoms with Crippen molar-refractivity contribution in [2.45, 2.75) is 43.7 Å². The van der Waals surface area contributed by atoms with Gasteiger partial charge in [-0.2, -0.15) is 0 Å². The molecule has 0 aliphatic carbocycles. The number of halogens is 1. The van der Waals surface area contributed by atoms with Crippen molar-refractivity contribution in [1.29, 1.82) is 0 Å². The van der Waals surface area contributed by atoms with Crippen LogP contribution in [0.4, 0.5) is 10.1 Å². The van der Waals surface area contributed by atoms with Crippen molar-refractivity contribution in [3.63, 3.8) is 0 Å². The Labute approximate surface area is 257 Å². The summed E-state index contributed by atoms with van der Waals surface area (Å²) in [5.41, 5.74) is 1.75. The zero-order valence-corrected chi connectivity index (χ0v) is 25.3. The first-order valence-electron chi connectivity index (χ1n) is 14.4. The molecule has 0 saturated carbocycles. The molecule has 0 radical (unpaired) electrons. The SMILES string of the molecule is CCCCCNC(=O)C(c1ccccc1)N(Cc1ccccc1)C(=O)COc1ccc(S(=O)(=O)Nc2ccc(F)cc2)cc1. The molecule has 1 unspecified atom stereocenters. The average Bonchev–Trinajstić information content (AvgIpc) is 3.04. The van der Waals surface area contributed by atoms with E-state index in [1.54, 1.807) is 0 Å². The second-order valence-electron chi connectivity index (χ2n) is 10.2. The number of amides is 2. The van der Waals surface area contributed by atoms with Crippen LogP contribution in [0.5, 0.6) is 5.75 Å². The molecule has 2 N–H and O–H groups in total. The molecular weight excluding hydrogens is 581 g/mol. The number of anilines is 1. The summed E-state index contributed by atoms with van der Waals surface area (Å²) in [4.78, 5) is 28.8. The molecule has 0 bridgehead atoms. The van der Waals surface area contributed by atoms with Gasteiger partial charge in [-0.05, 0) is 66.1 Å². The topological polar surface area (TPSA) is 105 Å². The van der Waals surface area contributed by atoms with E-state index in [4.69, 9.17) is 4.74 Å². The Morgan fingerprint density at radius 1 is 0.841 bits per heavy atom. The zero-order valence-electron chi connectivity index (χ0n) is 24.5. The van der Waals surface area contributed by atoms with Crippen LogP contribution in [0.25, 0.3) is 0 Å². The maximum absolute atomic E-state index is 13.8. The molecular formula is C34H36FN3O5S. The Balaban J connectivity index is 1.51. The van der Waals surface area contributed by atoms with Crippen molar-refractivity contribution in [2.24, 2.45) is 0 Å². The van der Waals surface area contributed by atoms with Crippen molar-refractivity contribution < 1.29 is 27.1 Å². The van der Waals surface area contributed by atoms with E-state index in [9.17, 15) is 22.4 Å². The fourth-order valence-electron chi connectivity index (χ4n) is 4.57. The Kier molecular flexibility index (Phi) is 11.5. The quantitative estimate of drug-likeness (QED) is 0.157. The molecule has 0 aromatic heterocycles. The van der Waals surface area contributed by atoms with Gasteiger partial charge in [0.25, 0.3) is 15.9 Å². The van der Waals surface area contributed by atoms with Gasteiger partial charge in [0.1, 0.15) is 17.6 Å². The minimum Gasteiger partial charge on any atom is -0.484 e. The summed E-state index contributed by atoms with van der Waals surface area (Å²) in [7, 11) is -3.93. The van der Waals surface area contributed by atoms with Crippen LogP contribution in [0.3, 0.4) is 0 Å². The van der Waals surface area contributed by atoms with Crippen LogP contribution in [-0.4, -0.2) is 38.3 Å².